The van der Waals surface area contributed by atoms with Crippen LogP contribution < -0.4 is 33.6 Å². The minimum absolute atomic E-state index is 0. The fraction of sp³-hybridized carbons (Fsp3) is 0.0588. The first-order valence-electron chi connectivity index (χ1n) is 12.1. The molecule has 188 valence electrons. The number of rotatable bonds is 4. The average Bonchev–Trinajstić information content (AvgIpc) is 3.71. The second-order valence-corrected chi connectivity index (χ2v) is 21.6. The Labute approximate surface area is 255 Å². The van der Waals surface area contributed by atoms with Crippen molar-refractivity contribution < 1.29 is 46.1 Å². The molecule has 0 unspecified atom stereocenters. The first-order valence-corrected chi connectivity index (χ1v) is 24.6. The second-order valence-electron chi connectivity index (χ2n) is 8.26. The van der Waals surface area contributed by atoms with Gasteiger partial charge in [-0.25, -0.2) is 12.2 Å². The van der Waals surface area contributed by atoms with Crippen molar-refractivity contribution in [2.45, 2.75) is 12.8 Å². The summed E-state index contributed by atoms with van der Waals surface area (Å²) in [4.78, 5) is 0. The normalized spacial score (nSPS) is 12.4. The van der Waals surface area contributed by atoms with E-state index < -0.39 is 10.1 Å². The van der Waals surface area contributed by atoms with Crippen LogP contribution >= 0.6 is 0 Å². The number of halogens is 2. The van der Waals surface area contributed by atoms with Crippen LogP contribution in [0.5, 0.6) is 0 Å². The van der Waals surface area contributed by atoms with E-state index in [1.54, 1.807) is 8.79 Å². The molecule has 6 rings (SSSR count). The standard InChI is InChI=1S/C12H10Ge.2C11H9.2ClH.Hf/c1-3-7-11(8-4-1)13-12-9-5-2-6-10-12;2*1-2-6-10(7-3-1)11-8-4-5-9-11;;;/h1-10H;2*1-3,6-9H,4H2;2*1H;/q;2*-1;;;+2/p-2. The van der Waals surface area contributed by atoms with Crippen LogP contribution in [0.4, 0.5) is 0 Å². The molecule has 0 nitrogen and oxygen atoms in total. The van der Waals surface area contributed by atoms with Gasteiger partial charge in [0.15, 0.2) is 0 Å². The summed E-state index contributed by atoms with van der Waals surface area (Å²) < 4.78 is 3.20. The Hall–Kier alpha value is -2.17. The Bertz CT molecular complexity index is 1250. The first kappa shape index (κ1) is 32.0. The zero-order valence-corrected chi connectivity index (χ0v) is 28.2. The van der Waals surface area contributed by atoms with Crippen molar-refractivity contribution in [3.05, 3.63) is 169 Å². The monoisotopic (exact) mass is 760 g/mol. The molecule has 0 saturated heterocycles. The zero-order valence-electron chi connectivity index (χ0n) is 21.0. The molecular weight excluding hydrogens is 730 g/mol. The van der Waals surface area contributed by atoms with E-state index in [1.807, 2.05) is 12.1 Å². The number of allylic oxidation sites excluding steroid dienone is 8. The molecule has 0 fully saturated rings. The maximum atomic E-state index is 3.15. The quantitative estimate of drug-likeness (QED) is 0.216. The predicted molar refractivity (Wildman–Crippen MR) is 152 cm³/mol. The third kappa shape index (κ3) is 10.2. The summed E-state index contributed by atoms with van der Waals surface area (Å²) >= 11 is 1.33. The Morgan fingerprint density at radius 3 is 1.08 bits per heavy atom. The number of hydrogen-bond donors (Lipinski definition) is 0. The van der Waals surface area contributed by atoms with E-state index in [0.29, 0.717) is 0 Å². The molecule has 38 heavy (non-hydrogen) atoms. The topological polar surface area (TPSA) is 0 Å². The molecule has 2 aliphatic rings. The molecule has 0 spiro atoms. The SMILES string of the molecule is [C-]1=CC(c2ccccc2)=CC1.[C-]1=CC(c2ccccc2)=CC1.[Cl-].[Cl-].[Hf+2]=[Ge]([c]1ccccc1)[c]1ccccc1. The number of benzene rings is 4. The van der Waals surface area contributed by atoms with Crippen LogP contribution in [-0.4, -0.2) is 10.1 Å². The van der Waals surface area contributed by atoms with Gasteiger partial charge in [-0.3, -0.25) is 12.2 Å². The summed E-state index contributed by atoms with van der Waals surface area (Å²) in [6.45, 7) is 0. The average molecular weight is 759 g/mol. The summed E-state index contributed by atoms with van der Waals surface area (Å²) in [7, 11) is -1.06. The molecule has 0 amide bonds. The van der Waals surface area contributed by atoms with Gasteiger partial charge in [-0.05, 0) is 0 Å². The molecule has 0 saturated carbocycles. The van der Waals surface area contributed by atoms with Crippen molar-refractivity contribution in [3.8, 4) is 0 Å². The van der Waals surface area contributed by atoms with Gasteiger partial charge in [0.05, 0.1) is 0 Å². The van der Waals surface area contributed by atoms with Crippen LogP contribution in [0.1, 0.15) is 24.0 Å². The second kappa shape index (κ2) is 18.2. The summed E-state index contributed by atoms with van der Waals surface area (Å²) in [5.41, 5.74) is 5.17. The molecule has 0 aromatic heterocycles. The Morgan fingerprint density at radius 1 is 0.474 bits per heavy atom. The van der Waals surface area contributed by atoms with Gasteiger partial charge in [-0.2, -0.15) is 23.3 Å². The molecule has 0 heterocycles. The van der Waals surface area contributed by atoms with Crippen molar-refractivity contribution in [3.63, 3.8) is 0 Å². The van der Waals surface area contributed by atoms with E-state index in [2.05, 4.69) is 146 Å². The van der Waals surface area contributed by atoms with Crippen LogP contribution in [0.25, 0.3) is 11.1 Å². The fourth-order valence-corrected chi connectivity index (χ4v) is 13.0. The van der Waals surface area contributed by atoms with Gasteiger partial charge in [-0.1, -0.05) is 60.7 Å². The molecule has 4 aromatic carbocycles. The molecule has 0 atom stereocenters. The van der Waals surface area contributed by atoms with Crippen molar-refractivity contribution in [1.82, 2.24) is 0 Å². The van der Waals surface area contributed by atoms with Crippen LogP contribution in [0.2, 0.25) is 0 Å². The third-order valence-electron chi connectivity index (χ3n) is 5.73. The van der Waals surface area contributed by atoms with E-state index in [9.17, 15) is 0 Å². The van der Waals surface area contributed by atoms with Crippen molar-refractivity contribution >= 4 is 30.0 Å². The van der Waals surface area contributed by atoms with Gasteiger partial charge >= 0.3 is 101 Å². The minimum atomic E-state index is -1.06. The Kier molecular flexibility index (Phi) is 15.3. The van der Waals surface area contributed by atoms with Gasteiger partial charge in [-0.15, -0.1) is 24.0 Å². The van der Waals surface area contributed by atoms with Crippen molar-refractivity contribution in [2.24, 2.45) is 0 Å². The molecule has 4 aromatic rings. The van der Waals surface area contributed by atoms with E-state index in [-0.39, 0.29) is 24.8 Å². The van der Waals surface area contributed by atoms with E-state index in [1.165, 1.54) is 43.6 Å². The van der Waals surface area contributed by atoms with Gasteiger partial charge in [0.1, 0.15) is 0 Å². The van der Waals surface area contributed by atoms with Crippen molar-refractivity contribution in [2.75, 3.05) is 0 Å². The summed E-state index contributed by atoms with van der Waals surface area (Å²) in [6.07, 6.45) is 16.7. The molecular formula is C34H28Cl2GeHf-2. The van der Waals surface area contributed by atoms with Crippen LogP contribution in [0.15, 0.2) is 146 Å². The zero-order chi connectivity index (χ0) is 24.8. The van der Waals surface area contributed by atoms with Crippen LogP contribution in [0, 0.1) is 12.2 Å². The Morgan fingerprint density at radius 2 is 0.789 bits per heavy atom. The molecule has 0 aliphatic heterocycles. The summed E-state index contributed by atoms with van der Waals surface area (Å²) in [5.74, 6) is 0. The van der Waals surface area contributed by atoms with Crippen molar-refractivity contribution in [1.29, 1.82) is 0 Å². The number of hydrogen-bond acceptors (Lipinski definition) is 0. The van der Waals surface area contributed by atoms with Gasteiger partial charge in [0.2, 0.25) is 0 Å². The molecule has 0 N–H and O–H groups in total. The first-order chi connectivity index (χ1) is 17.8. The fourth-order valence-electron chi connectivity index (χ4n) is 3.83. The molecule has 0 radical (unpaired) electrons. The molecule has 0 bridgehead atoms. The van der Waals surface area contributed by atoms with Crippen LogP contribution in [0.3, 0.4) is 0 Å². The summed E-state index contributed by atoms with van der Waals surface area (Å²) in [5, 5.41) is 0. The van der Waals surface area contributed by atoms with Gasteiger partial charge in [0, 0.05) is 0 Å². The maximum absolute atomic E-state index is 3.15. The van der Waals surface area contributed by atoms with E-state index in [0.717, 1.165) is 12.8 Å². The molecule has 2 aliphatic carbocycles. The van der Waals surface area contributed by atoms with E-state index in [4.69, 9.17) is 0 Å². The van der Waals surface area contributed by atoms with Gasteiger partial charge < -0.3 is 24.8 Å². The molecule has 4 heteroatoms. The van der Waals surface area contributed by atoms with Crippen LogP contribution in [-0.2, 0) is 21.3 Å². The summed E-state index contributed by atoms with van der Waals surface area (Å²) in [6, 6.07) is 42.8. The Balaban J connectivity index is 0.000000197. The predicted octanol–water partition coefficient (Wildman–Crippen LogP) is 1.01. The van der Waals surface area contributed by atoms with Gasteiger partial charge in [0.25, 0.3) is 0 Å². The third-order valence-corrected chi connectivity index (χ3v) is 20.3. The van der Waals surface area contributed by atoms with E-state index >= 15 is 0 Å².